The summed E-state index contributed by atoms with van der Waals surface area (Å²) in [7, 11) is 1.77. The lowest BCUT2D eigenvalue weighted by atomic mass is 10.2. The predicted molar refractivity (Wildman–Crippen MR) is 89.0 cm³/mol. The molecule has 4 nitrogen and oxygen atoms in total. The second kappa shape index (κ2) is 8.06. The van der Waals surface area contributed by atoms with Crippen LogP contribution in [-0.2, 0) is 17.6 Å². The summed E-state index contributed by atoms with van der Waals surface area (Å²) in [6, 6.07) is 10.2. The molecule has 0 bridgehead atoms. The maximum absolute atomic E-state index is 12.1. The predicted octanol–water partition coefficient (Wildman–Crippen LogP) is 2.51. The minimum Gasteiger partial charge on any atom is -0.393 e. The second-order valence-electron chi connectivity index (χ2n) is 5.52. The van der Waals surface area contributed by atoms with Gasteiger partial charge in [0.05, 0.1) is 23.2 Å². The number of carbonyl (C=O) groups excluding carboxylic acids is 1. The lowest BCUT2D eigenvalue weighted by Gasteiger charge is -2.17. The Balaban J connectivity index is 1.87. The zero-order valence-corrected chi connectivity index (χ0v) is 13.8. The van der Waals surface area contributed by atoms with E-state index in [1.165, 1.54) is 5.56 Å². The third-order valence-corrected chi connectivity index (χ3v) is 4.34. The molecule has 2 rings (SSSR count). The number of likely N-dealkylation sites (N-methyl/N-ethyl adjacent to an activating group) is 1. The van der Waals surface area contributed by atoms with Crippen molar-refractivity contribution < 1.29 is 9.90 Å². The number of aliphatic hydroxyl groups excluding tert-OH is 1. The monoisotopic (exact) mass is 318 g/mol. The molecular formula is C17H22N2O2S. The largest absolute Gasteiger partial charge is 0.393 e. The Kier molecular flexibility index (Phi) is 6.10. The van der Waals surface area contributed by atoms with Gasteiger partial charge in [-0.1, -0.05) is 30.3 Å². The molecule has 1 N–H and O–H groups in total. The summed E-state index contributed by atoms with van der Waals surface area (Å²) >= 11 is 1.59. The first-order chi connectivity index (χ1) is 10.5. The number of nitrogens with zero attached hydrogens (tertiary/aromatic N) is 2. The molecule has 1 atom stereocenters. The molecule has 0 aliphatic heterocycles. The van der Waals surface area contributed by atoms with Gasteiger partial charge in [-0.05, 0) is 18.9 Å². The van der Waals surface area contributed by atoms with Gasteiger partial charge in [0, 0.05) is 25.4 Å². The van der Waals surface area contributed by atoms with Crippen molar-refractivity contribution in [3.63, 3.8) is 0 Å². The summed E-state index contributed by atoms with van der Waals surface area (Å²) in [6.45, 7) is 2.30. The molecule has 0 aliphatic rings. The van der Waals surface area contributed by atoms with E-state index in [1.54, 1.807) is 30.2 Å². The maximum Gasteiger partial charge on any atom is 0.228 e. The molecule has 0 saturated carbocycles. The van der Waals surface area contributed by atoms with E-state index in [-0.39, 0.29) is 12.0 Å². The minimum atomic E-state index is -0.382. The summed E-state index contributed by atoms with van der Waals surface area (Å²) < 4.78 is 0. The van der Waals surface area contributed by atoms with Gasteiger partial charge >= 0.3 is 0 Å². The van der Waals surface area contributed by atoms with Crippen molar-refractivity contribution in [3.05, 3.63) is 52.0 Å². The molecule has 1 aromatic heterocycles. The Morgan fingerprint density at radius 2 is 2.09 bits per heavy atom. The van der Waals surface area contributed by atoms with Crippen LogP contribution in [-0.4, -0.2) is 40.6 Å². The standard InChI is InChI=1S/C17H22N2O2S/c1-13(20)8-9-19(2)17(21)11-15-12-22-16(18-15)10-14-6-4-3-5-7-14/h3-7,12-13,20H,8-11H2,1-2H3. The maximum atomic E-state index is 12.1. The van der Waals surface area contributed by atoms with Crippen LogP contribution < -0.4 is 0 Å². The number of carbonyl (C=O) groups is 1. The fourth-order valence-electron chi connectivity index (χ4n) is 2.08. The molecular weight excluding hydrogens is 296 g/mol. The third kappa shape index (κ3) is 5.24. The Hall–Kier alpha value is -1.72. The molecule has 22 heavy (non-hydrogen) atoms. The Morgan fingerprint density at radius 1 is 1.36 bits per heavy atom. The molecule has 2 aromatic rings. The average molecular weight is 318 g/mol. The number of thiazole rings is 1. The topological polar surface area (TPSA) is 53.4 Å². The highest BCUT2D eigenvalue weighted by Gasteiger charge is 2.13. The van der Waals surface area contributed by atoms with Crippen molar-refractivity contribution in [3.8, 4) is 0 Å². The Morgan fingerprint density at radius 3 is 2.77 bits per heavy atom. The Bertz CT molecular complexity index is 596. The molecule has 0 spiro atoms. The first-order valence-corrected chi connectivity index (χ1v) is 8.32. The van der Waals surface area contributed by atoms with E-state index in [2.05, 4.69) is 17.1 Å². The van der Waals surface area contributed by atoms with Crippen LogP contribution in [0.25, 0.3) is 0 Å². The fraction of sp³-hybridized carbons (Fsp3) is 0.412. The van der Waals surface area contributed by atoms with Gasteiger partial charge in [-0.3, -0.25) is 4.79 Å². The van der Waals surface area contributed by atoms with E-state index in [4.69, 9.17) is 0 Å². The number of rotatable bonds is 7. The van der Waals surface area contributed by atoms with Gasteiger partial charge < -0.3 is 10.0 Å². The normalized spacial score (nSPS) is 12.1. The molecule has 0 saturated heterocycles. The van der Waals surface area contributed by atoms with E-state index < -0.39 is 0 Å². The molecule has 0 radical (unpaired) electrons. The molecule has 1 aromatic carbocycles. The summed E-state index contributed by atoms with van der Waals surface area (Å²) in [4.78, 5) is 18.3. The highest BCUT2D eigenvalue weighted by atomic mass is 32.1. The van der Waals surface area contributed by atoms with Gasteiger partial charge in [-0.25, -0.2) is 4.98 Å². The van der Waals surface area contributed by atoms with Gasteiger partial charge in [0.1, 0.15) is 0 Å². The van der Waals surface area contributed by atoms with E-state index in [1.807, 2.05) is 23.6 Å². The van der Waals surface area contributed by atoms with Crippen LogP contribution in [0.1, 0.15) is 29.6 Å². The number of benzene rings is 1. The van der Waals surface area contributed by atoms with Gasteiger partial charge in [0.2, 0.25) is 5.91 Å². The lowest BCUT2D eigenvalue weighted by molar-refractivity contribution is -0.129. The Labute approximate surface area is 135 Å². The highest BCUT2D eigenvalue weighted by Crippen LogP contribution is 2.15. The number of aliphatic hydroxyl groups is 1. The third-order valence-electron chi connectivity index (χ3n) is 3.44. The lowest BCUT2D eigenvalue weighted by Crippen LogP contribution is -2.30. The van der Waals surface area contributed by atoms with Crippen molar-refractivity contribution in [2.45, 2.75) is 32.3 Å². The molecule has 118 valence electrons. The minimum absolute atomic E-state index is 0.0391. The molecule has 0 fully saturated rings. The van der Waals surface area contributed by atoms with Gasteiger partial charge in [-0.2, -0.15) is 0 Å². The summed E-state index contributed by atoms with van der Waals surface area (Å²) in [5.74, 6) is 0.0391. The van der Waals surface area contributed by atoms with E-state index in [0.717, 1.165) is 17.1 Å². The van der Waals surface area contributed by atoms with Crippen LogP contribution in [0.5, 0.6) is 0 Å². The quantitative estimate of drug-likeness (QED) is 0.853. The van der Waals surface area contributed by atoms with E-state index >= 15 is 0 Å². The van der Waals surface area contributed by atoms with E-state index in [9.17, 15) is 9.90 Å². The second-order valence-corrected chi connectivity index (χ2v) is 6.47. The van der Waals surface area contributed by atoms with Crippen molar-refractivity contribution in [2.24, 2.45) is 0 Å². The molecule has 1 amide bonds. The van der Waals surface area contributed by atoms with Crippen LogP contribution in [0.15, 0.2) is 35.7 Å². The zero-order valence-electron chi connectivity index (χ0n) is 13.0. The average Bonchev–Trinajstić information content (AvgIpc) is 2.92. The molecule has 1 heterocycles. The fourth-order valence-corrected chi connectivity index (χ4v) is 2.90. The van der Waals surface area contributed by atoms with Crippen molar-refractivity contribution in [2.75, 3.05) is 13.6 Å². The summed E-state index contributed by atoms with van der Waals surface area (Å²) in [5, 5.41) is 12.3. The number of hydrogen-bond donors (Lipinski definition) is 1. The molecule has 1 unspecified atom stereocenters. The first-order valence-electron chi connectivity index (χ1n) is 7.44. The zero-order chi connectivity index (χ0) is 15.9. The molecule has 0 aliphatic carbocycles. The SMILES string of the molecule is CC(O)CCN(C)C(=O)Cc1csc(Cc2ccccc2)n1. The van der Waals surface area contributed by atoms with E-state index in [0.29, 0.717) is 19.4 Å². The van der Waals surface area contributed by atoms with Crippen LogP contribution in [0.3, 0.4) is 0 Å². The van der Waals surface area contributed by atoms with Crippen LogP contribution in [0, 0.1) is 0 Å². The van der Waals surface area contributed by atoms with Crippen molar-refractivity contribution in [1.29, 1.82) is 0 Å². The number of hydrogen-bond acceptors (Lipinski definition) is 4. The summed E-state index contributed by atoms with van der Waals surface area (Å²) in [5.41, 5.74) is 2.05. The number of amides is 1. The van der Waals surface area contributed by atoms with Crippen molar-refractivity contribution in [1.82, 2.24) is 9.88 Å². The van der Waals surface area contributed by atoms with Gasteiger partial charge in [-0.15, -0.1) is 11.3 Å². The van der Waals surface area contributed by atoms with Crippen molar-refractivity contribution >= 4 is 17.2 Å². The van der Waals surface area contributed by atoms with Crippen LogP contribution >= 0.6 is 11.3 Å². The highest BCUT2D eigenvalue weighted by molar-refractivity contribution is 7.09. The first kappa shape index (κ1) is 16.6. The van der Waals surface area contributed by atoms with Crippen LogP contribution in [0.2, 0.25) is 0 Å². The smallest absolute Gasteiger partial charge is 0.228 e. The van der Waals surface area contributed by atoms with Crippen LogP contribution in [0.4, 0.5) is 0 Å². The van der Waals surface area contributed by atoms with Gasteiger partial charge in [0.15, 0.2) is 0 Å². The number of aromatic nitrogens is 1. The molecule has 5 heteroatoms. The summed E-state index contributed by atoms with van der Waals surface area (Å²) in [6.07, 6.45) is 1.34. The van der Waals surface area contributed by atoms with Gasteiger partial charge in [0.25, 0.3) is 0 Å².